The number of benzene rings is 1. The third-order valence-corrected chi connectivity index (χ3v) is 8.69. The second-order valence-corrected chi connectivity index (χ2v) is 11.4. The molecule has 3 amide bonds. The first kappa shape index (κ1) is 27.9. The van der Waals surface area contributed by atoms with E-state index in [9.17, 15) is 28.2 Å². The molecule has 0 aliphatic carbocycles. The maximum Gasteiger partial charge on any atom is 0.324 e. The lowest BCUT2D eigenvalue weighted by Gasteiger charge is -2.25. The molecule has 2 saturated heterocycles. The van der Waals surface area contributed by atoms with E-state index in [2.05, 4.69) is 30.9 Å². The number of likely N-dealkylation sites (N-methyl/N-ethyl adjacent to an activating group) is 1. The standard InChI is InChI=1S/C24H30N8O7S/c1-2-25-22(35)19-17(33)18(34)23(39-19)32-13-28-16-20(26-12-27-21(16)32)30-24(36)29-14-6-8-15(9-7-14)40(37,38)31-10-4-3-5-11-31/h6-9,12-13,17-19,23,33-34H,2-5,10-11H2,1H3,(H,25,35)(H2,26,27,29,30,36)/t17?,18?,19-,23+/m0/s1. The van der Waals surface area contributed by atoms with Gasteiger partial charge in [-0.25, -0.2) is 28.2 Å². The second kappa shape index (κ2) is 11.4. The highest BCUT2D eigenvalue weighted by molar-refractivity contribution is 7.89. The molecular weight excluding hydrogens is 544 g/mol. The fourth-order valence-corrected chi connectivity index (χ4v) is 6.26. The molecule has 0 bridgehead atoms. The van der Waals surface area contributed by atoms with Gasteiger partial charge in [-0.05, 0) is 44.0 Å². The summed E-state index contributed by atoms with van der Waals surface area (Å²) in [5, 5.41) is 28.6. The number of aliphatic hydroxyl groups excluding tert-OH is 2. The van der Waals surface area contributed by atoms with Gasteiger partial charge in [0, 0.05) is 25.3 Å². The number of carbonyl (C=O) groups is 2. The van der Waals surface area contributed by atoms with E-state index in [0.29, 0.717) is 25.3 Å². The fraction of sp³-hybridized carbons (Fsp3) is 0.458. The molecule has 3 aromatic rings. The van der Waals surface area contributed by atoms with Crippen LogP contribution in [0.3, 0.4) is 0 Å². The Kier molecular flexibility index (Phi) is 7.95. The molecule has 2 fully saturated rings. The van der Waals surface area contributed by atoms with Gasteiger partial charge >= 0.3 is 6.03 Å². The van der Waals surface area contributed by atoms with Crippen LogP contribution in [-0.2, 0) is 19.6 Å². The van der Waals surface area contributed by atoms with Gasteiger partial charge in [0.25, 0.3) is 5.91 Å². The molecular formula is C24H30N8O7S. The fourth-order valence-electron chi connectivity index (χ4n) is 4.74. The van der Waals surface area contributed by atoms with Gasteiger partial charge in [-0.15, -0.1) is 0 Å². The summed E-state index contributed by atoms with van der Waals surface area (Å²) in [4.78, 5) is 37.5. The summed E-state index contributed by atoms with van der Waals surface area (Å²) in [5.74, 6) is -0.509. The lowest BCUT2D eigenvalue weighted by Crippen LogP contribution is -2.42. The number of nitrogens with one attached hydrogen (secondary N) is 3. The van der Waals surface area contributed by atoms with Crippen LogP contribution in [0.4, 0.5) is 16.3 Å². The van der Waals surface area contributed by atoms with Crippen molar-refractivity contribution in [1.29, 1.82) is 0 Å². The number of hydrogen-bond acceptors (Lipinski definition) is 10. The highest BCUT2D eigenvalue weighted by atomic mass is 32.2. The number of amides is 3. The van der Waals surface area contributed by atoms with Crippen LogP contribution in [0.1, 0.15) is 32.4 Å². The molecule has 2 aliphatic rings. The quantitative estimate of drug-likeness (QED) is 0.263. The lowest BCUT2D eigenvalue weighted by atomic mass is 10.1. The van der Waals surface area contributed by atoms with Crippen LogP contribution in [0.15, 0.2) is 41.8 Å². The number of sulfonamides is 1. The number of carbonyl (C=O) groups excluding carboxylic acids is 2. The van der Waals surface area contributed by atoms with Crippen LogP contribution >= 0.6 is 0 Å². The first-order valence-corrected chi connectivity index (χ1v) is 14.3. The van der Waals surface area contributed by atoms with Crippen molar-refractivity contribution < 1.29 is 33.0 Å². The molecule has 4 atom stereocenters. The van der Waals surface area contributed by atoms with Crippen molar-refractivity contribution in [3.63, 3.8) is 0 Å². The van der Waals surface area contributed by atoms with Gasteiger partial charge in [0.1, 0.15) is 18.5 Å². The van der Waals surface area contributed by atoms with Gasteiger partial charge < -0.3 is 25.6 Å². The molecule has 4 heterocycles. The van der Waals surface area contributed by atoms with Crippen molar-refractivity contribution in [3.05, 3.63) is 36.9 Å². The number of anilines is 2. The Labute approximate surface area is 229 Å². The smallest absolute Gasteiger partial charge is 0.324 e. The van der Waals surface area contributed by atoms with Gasteiger partial charge in [0.15, 0.2) is 29.3 Å². The maximum atomic E-state index is 12.8. The van der Waals surface area contributed by atoms with Crippen LogP contribution in [0.5, 0.6) is 0 Å². The number of hydrogen-bond donors (Lipinski definition) is 5. The predicted octanol–water partition coefficient (Wildman–Crippen LogP) is 0.400. The van der Waals surface area contributed by atoms with Gasteiger partial charge in [0.05, 0.1) is 11.2 Å². The second-order valence-electron chi connectivity index (χ2n) is 9.44. The molecule has 2 aromatic heterocycles. The highest BCUT2D eigenvalue weighted by Gasteiger charge is 2.47. The van der Waals surface area contributed by atoms with E-state index in [1.165, 1.54) is 45.8 Å². The number of nitrogens with zero attached hydrogens (tertiary/aromatic N) is 5. The molecule has 15 nitrogen and oxygen atoms in total. The Morgan fingerprint density at radius 1 is 1.02 bits per heavy atom. The normalized spacial score (nSPS) is 23.7. The van der Waals surface area contributed by atoms with Crippen molar-refractivity contribution in [2.45, 2.75) is 55.6 Å². The molecule has 0 spiro atoms. The summed E-state index contributed by atoms with van der Waals surface area (Å²) in [6.07, 6.45) is -0.212. The number of imidazole rings is 1. The SMILES string of the molecule is CCNC(=O)[C@H]1O[C@@H](n2cnc3c(NC(=O)Nc4ccc(S(=O)(=O)N5CCCCC5)cc4)ncnc32)C(O)C1O. The number of aliphatic hydroxyl groups is 2. The summed E-state index contributed by atoms with van der Waals surface area (Å²) < 4.78 is 34.1. The summed E-state index contributed by atoms with van der Waals surface area (Å²) in [5.41, 5.74) is 0.719. The van der Waals surface area contributed by atoms with Crippen molar-refractivity contribution in [2.75, 3.05) is 30.3 Å². The van der Waals surface area contributed by atoms with E-state index in [1.807, 2.05) is 0 Å². The van der Waals surface area contributed by atoms with Crippen molar-refractivity contribution in [3.8, 4) is 0 Å². The molecule has 2 unspecified atom stereocenters. The first-order valence-electron chi connectivity index (χ1n) is 12.9. The summed E-state index contributed by atoms with van der Waals surface area (Å²) in [7, 11) is -3.59. The average molecular weight is 575 g/mol. The topological polar surface area (TPSA) is 201 Å². The largest absolute Gasteiger partial charge is 0.387 e. The lowest BCUT2D eigenvalue weighted by molar-refractivity contribution is -0.137. The van der Waals surface area contributed by atoms with Crippen molar-refractivity contribution in [2.24, 2.45) is 0 Å². The Morgan fingerprint density at radius 2 is 1.75 bits per heavy atom. The minimum Gasteiger partial charge on any atom is -0.387 e. The minimum absolute atomic E-state index is 0.0545. The van der Waals surface area contributed by atoms with Crippen molar-refractivity contribution >= 4 is 44.6 Å². The minimum atomic E-state index is -3.59. The van der Waals surface area contributed by atoms with E-state index in [1.54, 1.807) is 6.92 Å². The van der Waals surface area contributed by atoms with Crippen molar-refractivity contribution in [1.82, 2.24) is 29.1 Å². The molecule has 40 heavy (non-hydrogen) atoms. The third-order valence-electron chi connectivity index (χ3n) is 6.78. The number of ether oxygens (including phenoxy) is 1. The zero-order valence-electron chi connectivity index (χ0n) is 21.6. The van der Waals surface area contributed by atoms with Crippen LogP contribution in [-0.4, -0.2) is 92.3 Å². The molecule has 2 aliphatic heterocycles. The molecule has 1 aromatic carbocycles. The Hall–Kier alpha value is -3.70. The van der Waals surface area contributed by atoms with Crippen LogP contribution in [0.2, 0.25) is 0 Å². The molecule has 16 heteroatoms. The maximum absolute atomic E-state index is 12.8. The van der Waals surface area contributed by atoms with Gasteiger partial charge in [0.2, 0.25) is 10.0 Å². The molecule has 214 valence electrons. The predicted molar refractivity (Wildman–Crippen MR) is 142 cm³/mol. The van der Waals surface area contributed by atoms with Crippen LogP contribution in [0, 0.1) is 0 Å². The summed E-state index contributed by atoms with van der Waals surface area (Å²) in [6, 6.07) is 5.22. The number of urea groups is 1. The van der Waals surface area contributed by atoms with Gasteiger partial charge in [-0.1, -0.05) is 6.42 Å². The number of aromatic nitrogens is 4. The van der Waals surface area contributed by atoms with E-state index < -0.39 is 46.5 Å². The first-order chi connectivity index (χ1) is 19.2. The van der Waals surface area contributed by atoms with Crippen LogP contribution in [0.25, 0.3) is 11.2 Å². The van der Waals surface area contributed by atoms with Gasteiger partial charge in [-0.2, -0.15) is 4.31 Å². The molecule has 0 radical (unpaired) electrons. The number of fused-ring (bicyclic) bond motifs is 1. The number of rotatable bonds is 7. The molecule has 5 rings (SSSR count). The van der Waals surface area contributed by atoms with Crippen LogP contribution < -0.4 is 16.0 Å². The Morgan fingerprint density at radius 3 is 2.45 bits per heavy atom. The zero-order valence-corrected chi connectivity index (χ0v) is 22.4. The monoisotopic (exact) mass is 574 g/mol. The third kappa shape index (κ3) is 5.35. The van der Waals surface area contributed by atoms with Gasteiger partial charge in [-0.3, -0.25) is 14.7 Å². The molecule has 0 saturated carbocycles. The van der Waals surface area contributed by atoms with E-state index in [4.69, 9.17) is 4.74 Å². The Balaban J connectivity index is 1.28. The zero-order chi connectivity index (χ0) is 28.4. The average Bonchev–Trinajstić information content (AvgIpc) is 3.51. The van der Waals surface area contributed by atoms with E-state index in [-0.39, 0.29) is 21.9 Å². The Bertz CT molecular complexity index is 1490. The van der Waals surface area contributed by atoms with E-state index in [0.717, 1.165) is 19.3 Å². The summed E-state index contributed by atoms with van der Waals surface area (Å²) >= 11 is 0. The molecule has 5 N–H and O–H groups in total. The summed E-state index contributed by atoms with van der Waals surface area (Å²) in [6.45, 7) is 3.03. The highest BCUT2D eigenvalue weighted by Crippen LogP contribution is 2.32. The van der Waals surface area contributed by atoms with E-state index >= 15 is 0 Å². The number of piperidine rings is 1.